The molecule has 8 nitrogen and oxygen atoms in total. The minimum Gasteiger partial charge on any atom is -0.478 e. The van der Waals surface area contributed by atoms with Gasteiger partial charge in [0.2, 0.25) is 6.35 Å². The molecule has 0 saturated heterocycles. The minimum absolute atomic E-state index is 0.0488. The number of nitrogens with zero attached hydrogens (tertiary/aromatic N) is 2. The zero-order valence-electron chi connectivity index (χ0n) is 17.6. The average Bonchev–Trinajstić information content (AvgIpc) is 2.77. The molecule has 34 heavy (non-hydrogen) atoms. The molecule has 1 unspecified atom stereocenters. The van der Waals surface area contributed by atoms with E-state index in [1.165, 1.54) is 19.2 Å². The molecule has 0 aliphatic carbocycles. The van der Waals surface area contributed by atoms with Crippen LogP contribution in [0, 0.1) is 5.82 Å². The van der Waals surface area contributed by atoms with Crippen molar-refractivity contribution >= 4 is 29.2 Å². The van der Waals surface area contributed by atoms with Crippen LogP contribution in [0.25, 0.3) is 0 Å². The molecular formula is C21H17ClF4N2O6. The number of allylic oxidation sites excluding steroid dienone is 1. The number of hydrogen-bond donors (Lipinski definition) is 1. The van der Waals surface area contributed by atoms with Crippen molar-refractivity contribution in [2.24, 2.45) is 0 Å². The van der Waals surface area contributed by atoms with Crippen LogP contribution in [0.2, 0.25) is 5.02 Å². The number of hydrogen-bond acceptors (Lipinski definition) is 7. The van der Waals surface area contributed by atoms with Crippen LogP contribution in [-0.2, 0) is 14.3 Å². The van der Waals surface area contributed by atoms with Gasteiger partial charge >= 0.3 is 12.1 Å². The summed E-state index contributed by atoms with van der Waals surface area (Å²) in [6.07, 6.45) is -6.86. The highest BCUT2D eigenvalue weighted by molar-refractivity contribution is 6.32. The normalized spacial score (nSPS) is 16.3. The van der Waals surface area contributed by atoms with Gasteiger partial charge in [0.1, 0.15) is 17.3 Å². The number of carbonyl (C=O) groups is 2. The molecule has 182 valence electrons. The summed E-state index contributed by atoms with van der Waals surface area (Å²) in [4.78, 5) is 24.5. The maximum Gasteiger partial charge on any atom is 0.431 e. The van der Waals surface area contributed by atoms with Crippen molar-refractivity contribution in [2.75, 3.05) is 25.7 Å². The van der Waals surface area contributed by atoms with Crippen molar-refractivity contribution in [3.05, 3.63) is 59.0 Å². The van der Waals surface area contributed by atoms with Gasteiger partial charge in [-0.15, -0.1) is 0 Å². The maximum absolute atomic E-state index is 14.7. The topological polar surface area (TPSA) is 88.5 Å². The summed E-state index contributed by atoms with van der Waals surface area (Å²) in [5.41, 5.74) is -1.99. The summed E-state index contributed by atoms with van der Waals surface area (Å²) in [5.74, 6) is -3.14. The smallest absolute Gasteiger partial charge is 0.431 e. The number of aliphatic hydroxyl groups excluding tert-OH is 1. The molecule has 0 spiro atoms. The van der Waals surface area contributed by atoms with E-state index in [0.29, 0.717) is 9.80 Å². The molecular weight excluding hydrogens is 488 g/mol. The number of anilines is 1. The Kier molecular flexibility index (Phi) is 7.22. The van der Waals surface area contributed by atoms with E-state index in [1.807, 2.05) is 0 Å². The lowest BCUT2D eigenvalue weighted by molar-refractivity contribution is -0.142. The maximum atomic E-state index is 14.7. The van der Waals surface area contributed by atoms with Gasteiger partial charge in [-0.1, -0.05) is 23.7 Å². The zero-order chi connectivity index (χ0) is 25.2. The minimum atomic E-state index is -4.92. The fraction of sp³-hybridized carbons (Fsp3) is 0.238. The number of alkyl halides is 3. The van der Waals surface area contributed by atoms with E-state index in [4.69, 9.17) is 21.1 Å². The number of halogens is 5. The Balaban J connectivity index is 1.97. The number of para-hydroxylation sites is 2. The second kappa shape index (κ2) is 9.77. The van der Waals surface area contributed by atoms with Crippen molar-refractivity contribution in [1.82, 2.24) is 4.90 Å². The van der Waals surface area contributed by atoms with Gasteiger partial charge in [0.25, 0.3) is 5.91 Å². The fourth-order valence-electron chi connectivity index (χ4n) is 2.97. The zero-order valence-corrected chi connectivity index (χ0v) is 18.4. The van der Waals surface area contributed by atoms with E-state index in [9.17, 15) is 32.3 Å². The van der Waals surface area contributed by atoms with E-state index >= 15 is 0 Å². The average molecular weight is 505 g/mol. The Bertz CT molecular complexity index is 1140. The van der Waals surface area contributed by atoms with Crippen LogP contribution in [0.4, 0.5) is 23.2 Å². The Hall–Kier alpha value is -3.51. The summed E-state index contributed by atoms with van der Waals surface area (Å²) < 4.78 is 69.6. The number of rotatable bonds is 6. The summed E-state index contributed by atoms with van der Waals surface area (Å²) in [7, 11) is 2.07. The molecule has 1 aliphatic rings. The van der Waals surface area contributed by atoms with Crippen molar-refractivity contribution in [1.29, 1.82) is 0 Å². The molecule has 1 amide bonds. The number of carbonyl (C=O) groups excluding carboxylic acids is 2. The Morgan fingerprint density at radius 3 is 2.44 bits per heavy atom. The van der Waals surface area contributed by atoms with Crippen molar-refractivity contribution < 1.29 is 46.5 Å². The van der Waals surface area contributed by atoms with Crippen LogP contribution in [-0.4, -0.2) is 55.2 Å². The van der Waals surface area contributed by atoms with Gasteiger partial charge in [-0.05, 0) is 18.2 Å². The van der Waals surface area contributed by atoms with Crippen LogP contribution in [0.3, 0.4) is 0 Å². The van der Waals surface area contributed by atoms with E-state index in [1.54, 1.807) is 12.1 Å². The van der Waals surface area contributed by atoms with Crippen LogP contribution < -0.4 is 14.4 Å². The predicted octanol–water partition coefficient (Wildman–Crippen LogP) is 3.82. The highest BCUT2D eigenvalue weighted by Crippen LogP contribution is 2.40. The molecule has 0 aromatic heterocycles. The second-order valence-electron chi connectivity index (χ2n) is 6.84. The number of ether oxygens (including phenoxy) is 3. The van der Waals surface area contributed by atoms with Crippen LogP contribution in [0.15, 0.2) is 48.2 Å². The van der Waals surface area contributed by atoms with Crippen molar-refractivity contribution in [3.8, 4) is 17.2 Å². The van der Waals surface area contributed by atoms with Gasteiger partial charge in [-0.25, -0.2) is 9.18 Å². The molecule has 0 saturated carbocycles. The van der Waals surface area contributed by atoms with E-state index in [-0.39, 0.29) is 28.3 Å². The lowest BCUT2D eigenvalue weighted by Crippen LogP contribution is -2.55. The van der Waals surface area contributed by atoms with Gasteiger partial charge < -0.3 is 24.2 Å². The monoisotopic (exact) mass is 504 g/mol. The molecule has 0 fully saturated rings. The first-order valence-corrected chi connectivity index (χ1v) is 9.80. The standard InChI is InChI=1S/C21H17ClF4N2O6/c1-27-17(21(24,25)26)9-18(29)28(20(27)31)13-8-16(11(22)7-12(13)23)34-15-6-4-3-5-14(15)33-10-19(30)32-2/h3-9,20,31H,10H2,1-2H3. The third-order valence-electron chi connectivity index (χ3n) is 4.65. The van der Waals surface area contributed by atoms with Crippen LogP contribution >= 0.6 is 11.6 Å². The van der Waals surface area contributed by atoms with Gasteiger partial charge in [0.05, 0.1) is 17.8 Å². The highest BCUT2D eigenvalue weighted by atomic mass is 35.5. The molecule has 0 bridgehead atoms. The lowest BCUT2D eigenvalue weighted by atomic mass is 10.2. The Morgan fingerprint density at radius 2 is 1.82 bits per heavy atom. The van der Waals surface area contributed by atoms with E-state index < -0.39 is 48.2 Å². The lowest BCUT2D eigenvalue weighted by Gasteiger charge is -2.39. The van der Waals surface area contributed by atoms with Crippen molar-refractivity contribution in [3.63, 3.8) is 0 Å². The number of esters is 1. The Labute approximate surface area is 195 Å². The number of aliphatic hydroxyl groups is 1. The van der Waals surface area contributed by atoms with Gasteiger partial charge in [0.15, 0.2) is 18.1 Å². The third-order valence-corrected chi connectivity index (χ3v) is 4.94. The summed E-state index contributed by atoms with van der Waals surface area (Å²) in [5, 5.41) is 10.1. The fourth-order valence-corrected chi connectivity index (χ4v) is 3.16. The molecule has 1 heterocycles. The molecule has 2 aromatic carbocycles. The van der Waals surface area contributed by atoms with Gasteiger partial charge in [-0.2, -0.15) is 13.2 Å². The molecule has 3 rings (SSSR count). The third kappa shape index (κ3) is 5.18. The quantitative estimate of drug-likeness (QED) is 0.472. The summed E-state index contributed by atoms with van der Waals surface area (Å²) in [6, 6.07) is 7.77. The molecule has 0 radical (unpaired) electrons. The Morgan fingerprint density at radius 1 is 1.18 bits per heavy atom. The summed E-state index contributed by atoms with van der Waals surface area (Å²) in [6.45, 7) is -0.437. The first-order valence-electron chi connectivity index (χ1n) is 9.42. The SMILES string of the molecule is COC(=O)COc1ccccc1Oc1cc(N2C(=O)C=C(C(F)(F)F)N(C)C2O)c(F)cc1Cl. The molecule has 1 aliphatic heterocycles. The van der Waals surface area contributed by atoms with E-state index in [0.717, 1.165) is 19.2 Å². The first-order chi connectivity index (χ1) is 15.9. The number of amides is 1. The van der Waals surface area contributed by atoms with E-state index in [2.05, 4.69) is 4.74 Å². The van der Waals surface area contributed by atoms with Crippen molar-refractivity contribution in [2.45, 2.75) is 12.5 Å². The van der Waals surface area contributed by atoms with Gasteiger partial charge in [0, 0.05) is 19.2 Å². The van der Waals surface area contributed by atoms with Crippen LogP contribution in [0.1, 0.15) is 0 Å². The van der Waals surface area contributed by atoms with Gasteiger partial charge in [-0.3, -0.25) is 9.69 Å². The number of benzene rings is 2. The number of methoxy groups -OCH3 is 1. The predicted molar refractivity (Wildman–Crippen MR) is 111 cm³/mol. The summed E-state index contributed by atoms with van der Waals surface area (Å²) >= 11 is 6.06. The molecule has 1 N–H and O–H groups in total. The molecule has 1 atom stereocenters. The molecule has 2 aromatic rings. The van der Waals surface area contributed by atoms with Crippen LogP contribution in [0.5, 0.6) is 17.2 Å². The molecule has 13 heteroatoms. The highest BCUT2D eigenvalue weighted by Gasteiger charge is 2.45. The second-order valence-corrected chi connectivity index (χ2v) is 7.25. The largest absolute Gasteiger partial charge is 0.478 e. The first kappa shape index (κ1) is 25.1.